The minimum Gasteiger partial charge on any atom is -0.274 e. The molecule has 0 spiro atoms. The van der Waals surface area contributed by atoms with E-state index in [1.165, 1.54) is 32.9 Å². The molecule has 0 bridgehead atoms. The number of imide groups is 1. The van der Waals surface area contributed by atoms with Crippen LogP contribution in [0.3, 0.4) is 0 Å². The van der Waals surface area contributed by atoms with Gasteiger partial charge in [-0.3, -0.25) is 14.5 Å². The molecule has 0 unspecified atom stereocenters. The Morgan fingerprint density at radius 3 is 1.41 bits per heavy atom. The number of hydrogen-bond donors (Lipinski definition) is 0. The molecule has 11 heteroatoms. The van der Waals surface area contributed by atoms with Gasteiger partial charge in [0, 0.05) is 39.0 Å². The van der Waals surface area contributed by atoms with Crippen LogP contribution in [0.4, 0.5) is 5.69 Å². The molecule has 2 aliphatic heterocycles. The number of carbonyl (C=O) groups is 2. The molecule has 32 heavy (non-hydrogen) atoms. The maximum absolute atomic E-state index is 13.0. The number of nitrogens with zero attached hydrogens (tertiary/aromatic N) is 3. The van der Waals surface area contributed by atoms with Gasteiger partial charge in [-0.2, -0.15) is 8.61 Å². The summed E-state index contributed by atoms with van der Waals surface area (Å²) >= 11 is 0. The van der Waals surface area contributed by atoms with E-state index in [-0.39, 0.29) is 60.6 Å². The first kappa shape index (κ1) is 22.6. The van der Waals surface area contributed by atoms with Crippen LogP contribution in [0.15, 0.2) is 58.3 Å². The highest BCUT2D eigenvalue weighted by atomic mass is 32.2. The fourth-order valence-electron chi connectivity index (χ4n) is 3.79. The van der Waals surface area contributed by atoms with Crippen molar-refractivity contribution in [3.8, 4) is 0 Å². The summed E-state index contributed by atoms with van der Waals surface area (Å²) in [5.41, 5.74) is 1.29. The Labute approximate surface area is 187 Å². The summed E-state index contributed by atoms with van der Waals surface area (Å²) in [6, 6.07) is 12.1. The van der Waals surface area contributed by atoms with Gasteiger partial charge in [0.25, 0.3) is 0 Å². The predicted octanol–water partition coefficient (Wildman–Crippen LogP) is 1.34. The zero-order chi connectivity index (χ0) is 23.1. The quantitative estimate of drug-likeness (QED) is 0.601. The zero-order valence-corrected chi connectivity index (χ0v) is 19.1. The number of benzene rings is 2. The Balaban J connectivity index is 1.46. The van der Waals surface area contributed by atoms with Crippen LogP contribution in [0, 0.1) is 6.92 Å². The van der Waals surface area contributed by atoms with Gasteiger partial charge in [0.15, 0.2) is 0 Å². The normalized spacial score (nSPS) is 19.0. The van der Waals surface area contributed by atoms with E-state index in [0.717, 1.165) is 10.5 Å². The van der Waals surface area contributed by atoms with Crippen molar-refractivity contribution in [2.24, 2.45) is 0 Å². The maximum Gasteiger partial charge on any atom is 0.243 e. The molecular weight excluding hydrogens is 454 g/mol. The number of aryl methyl sites for hydroxylation is 1. The van der Waals surface area contributed by atoms with E-state index < -0.39 is 20.0 Å². The molecule has 0 atom stereocenters. The fraction of sp³-hybridized carbons (Fsp3) is 0.333. The number of anilines is 1. The smallest absolute Gasteiger partial charge is 0.243 e. The second kappa shape index (κ2) is 8.39. The van der Waals surface area contributed by atoms with Crippen molar-refractivity contribution >= 4 is 37.5 Å². The molecule has 0 aromatic heterocycles. The van der Waals surface area contributed by atoms with E-state index in [9.17, 15) is 26.4 Å². The number of amides is 2. The third-order valence-corrected chi connectivity index (χ3v) is 9.47. The summed E-state index contributed by atoms with van der Waals surface area (Å²) in [5.74, 6) is -0.618. The minimum absolute atomic E-state index is 0.0233. The number of piperazine rings is 1. The molecule has 0 radical (unpaired) electrons. The standard InChI is InChI=1S/C21H23N3O6S2/c1-16-2-6-18(7-3-16)31(27,28)22-12-14-23(15-13-22)32(29,30)19-8-4-17(5-9-19)24-20(25)10-11-21(24)26/h2-9H,10-15H2,1H3. The van der Waals surface area contributed by atoms with Crippen LogP contribution in [-0.4, -0.2) is 63.4 Å². The molecule has 2 amide bonds. The van der Waals surface area contributed by atoms with E-state index in [1.54, 1.807) is 24.3 Å². The van der Waals surface area contributed by atoms with Gasteiger partial charge in [-0.05, 0) is 43.3 Å². The molecule has 9 nitrogen and oxygen atoms in total. The summed E-state index contributed by atoms with van der Waals surface area (Å²) in [4.78, 5) is 25.0. The molecule has 2 aliphatic rings. The fourth-order valence-corrected chi connectivity index (χ4v) is 6.63. The van der Waals surface area contributed by atoms with Crippen LogP contribution < -0.4 is 4.90 Å². The van der Waals surface area contributed by atoms with Crippen LogP contribution in [0.25, 0.3) is 0 Å². The van der Waals surface area contributed by atoms with Crippen LogP contribution in [0.2, 0.25) is 0 Å². The second-order valence-electron chi connectivity index (χ2n) is 7.74. The van der Waals surface area contributed by atoms with E-state index in [2.05, 4.69) is 0 Å². The van der Waals surface area contributed by atoms with Gasteiger partial charge >= 0.3 is 0 Å². The van der Waals surface area contributed by atoms with Crippen LogP contribution in [0.1, 0.15) is 18.4 Å². The highest BCUT2D eigenvalue weighted by Crippen LogP contribution is 2.26. The molecule has 4 rings (SSSR count). The molecule has 2 heterocycles. The number of carbonyl (C=O) groups excluding carboxylic acids is 2. The van der Waals surface area contributed by atoms with Crippen molar-refractivity contribution in [2.75, 3.05) is 31.1 Å². The van der Waals surface area contributed by atoms with E-state index in [0.29, 0.717) is 5.69 Å². The first-order chi connectivity index (χ1) is 15.1. The lowest BCUT2D eigenvalue weighted by atomic mass is 10.2. The molecular formula is C21H23N3O6S2. The Bertz CT molecular complexity index is 1230. The highest BCUT2D eigenvalue weighted by molar-refractivity contribution is 7.89. The van der Waals surface area contributed by atoms with E-state index in [1.807, 2.05) is 6.92 Å². The van der Waals surface area contributed by atoms with Crippen molar-refractivity contribution in [3.63, 3.8) is 0 Å². The molecule has 170 valence electrons. The van der Waals surface area contributed by atoms with Crippen molar-refractivity contribution in [3.05, 3.63) is 54.1 Å². The molecule has 2 aromatic rings. The third kappa shape index (κ3) is 4.08. The Morgan fingerprint density at radius 2 is 1.00 bits per heavy atom. The molecule has 2 fully saturated rings. The van der Waals surface area contributed by atoms with Crippen molar-refractivity contribution in [1.29, 1.82) is 0 Å². The van der Waals surface area contributed by atoms with Gasteiger partial charge in [0.05, 0.1) is 15.5 Å². The number of sulfonamides is 2. The van der Waals surface area contributed by atoms with Crippen molar-refractivity contribution in [2.45, 2.75) is 29.6 Å². The lowest BCUT2D eigenvalue weighted by Gasteiger charge is -2.33. The van der Waals surface area contributed by atoms with E-state index in [4.69, 9.17) is 0 Å². The molecule has 2 aromatic carbocycles. The van der Waals surface area contributed by atoms with E-state index >= 15 is 0 Å². The Morgan fingerprint density at radius 1 is 0.625 bits per heavy atom. The van der Waals surface area contributed by atoms with Crippen molar-refractivity contribution < 1.29 is 26.4 Å². The van der Waals surface area contributed by atoms with Gasteiger partial charge in [-0.25, -0.2) is 16.8 Å². The average molecular weight is 478 g/mol. The third-order valence-electron chi connectivity index (χ3n) is 5.64. The van der Waals surface area contributed by atoms with Gasteiger partial charge in [0.1, 0.15) is 0 Å². The molecule has 0 aliphatic carbocycles. The van der Waals surface area contributed by atoms with Crippen LogP contribution >= 0.6 is 0 Å². The monoisotopic (exact) mass is 477 g/mol. The summed E-state index contributed by atoms with van der Waals surface area (Å²) in [5, 5.41) is 0. The first-order valence-electron chi connectivity index (χ1n) is 10.1. The summed E-state index contributed by atoms with van der Waals surface area (Å²) in [6.45, 7) is 2.01. The SMILES string of the molecule is Cc1ccc(S(=O)(=O)N2CCN(S(=O)(=O)c3ccc(N4C(=O)CCC4=O)cc3)CC2)cc1. The number of hydrogen-bond acceptors (Lipinski definition) is 6. The summed E-state index contributed by atoms with van der Waals surface area (Å²) < 4.78 is 54.3. The highest BCUT2D eigenvalue weighted by Gasteiger charge is 2.34. The van der Waals surface area contributed by atoms with Gasteiger partial charge in [-0.15, -0.1) is 0 Å². The summed E-state index contributed by atoms with van der Waals surface area (Å²) in [6.07, 6.45) is 0.295. The average Bonchev–Trinajstić information content (AvgIpc) is 3.12. The van der Waals surface area contributed by atoms with Gasteiger partial charge in [-0.1, -0.05) is 17.7 Å². The summed E-state index contributed by atoms with van der Waals surface area (Å²) in [7, 11) is -7.54. The molecule has 0 N–H and O–H groups in total. The maximum atomic E-state index is 13.0. The van der Waals surface area contributed by atoms with Crippen LogP contribution in [-0.2, 0) is 29.6 Å². The largest absolute Gasteiger partial charge is 0.274 e. The molecule has 0 saturated carbocycles. The van der Waals surface area contributed by atoms with Crippen LogP contribution in [0.5, 0.6) is 0 Å². The molecule has 2 saturated heterocycles. The Hall–Kier alpha value is -2.60. The predicted molar refractivity (Wildman–Crippen MR) is 117 cm³/mol. The minimum atomic E-state index is -3.85. The Kier molecular flexibility index (Phi) is 5.93. The van der Waals surface area contributed by atoms with Gasteiger partial charge < -0.3 is 0 Å². The van der Waals surface area contributed by atoms with Gasteiger partial charge in [0.2, 0.25) is 31.9 Å². The first-order valence-corrected chi connectivity index (χ1v) is 13.0. The lowest BCUT2D eigenvalue weighted by molar-refractivity contribution is -0.121. The zero-order valence-electron chi connectivity index (χ0n) is 17.5. The van der Waals surface area contributed by atoms with Crippen molar-refractivity contribution in [1.82, 2.24) is 8.61 Å². The second-order valence-corrected chi connectivity index (χ2v) is 11.6. The lowest BCUT2D eigenvalue weighted by Crippen LogP contribution is -2.50. The topological polar surface area (TPSA) is 112 Å². The number of rotatable bonds is 5.